The summed E-state index contributed by atoms with van der Waals surface area (Å²) in [5.41, 5.74) is 1.06. The summed E-state index contributed by atoms with van der Waals surface area (Å²) in [7, 11) is 3.28. The smallest absolute Gasteiger partial charge is 0.262 e. The van der Waals surface area contributed by atoms with Gasteiger partial charge in [-0.3, -0.25) is 9.36 Å². The molecule has 6 heteroatoms. The average molecular weight is 296 g/mol. The Labute approximate surface area is 122 Å². The highest BCUT2D eigenvalue weighted by Crippen LogP contribution is 2.26. The number of ether oxygens (including phenoxy) is 2. The van der Waals surface area contributed by atoms with Gasteiger partial charge in [-0.2, -0.15) is 0 Å². The molecular weight excluding hydrogens is 276 g/mol. The van der Waals surface area contributed by atoms with Gasteiger partial charge in [0.1, 0.15) is 10.7 Å². The molecule has 0 saturated carbocycles. The van der Waals surface area contributed by atoms with Gasteiger partial charge in [-0.15, -0.1) is 11.3 Å². The molecule has 110 valence electrons. The van der Waals surface area contributed by atoms with E-state index in [4.69, 9.17) is 9.47 Å². The Morgan fingerprint density at radius 3 is 2.55 bits per heavy atom. The van der Waals surface area contributed by atoms with E-state index < -0.39 is 0 Å². The third kappa shape index (κ3) is 2.77. The second-order valence-electron chi connectivity index (χ2n) is 4.68. The number of fused-ring (bicyclic) bond motifs is 1. The van der Waals surface area contributed by atoms with Crippen LogP contribution in [0.1, 0.15) is 16.3 Å². The highest BCUT2D eigenvalue weighted by Gasteiger charge is 2.16. The summed E-state index contributed by atoms with van der Waals surface area (Å²) < 4.78 is 11.9. The van der Waals surface area contributed by atoms with E-state index in [2.05, 4.69) is 4.98 Å². The molecule has 0 aliphatic heterocycles. The summed E-state index contributed by atoms with van der Waals surface area (Å²) in [4.78, 5) is 19.3. The molecule has 0 unspecified atom stereocenters. The predicted octanol–water partition coefficient (Wildman–Crippen LogP) is 1.91. The third-order valence-corrected chi connectivity index (χ3v) is 4.52. The van der Waals surface area contributed by atoms with Crippen molar-refractivity contribution in [2.75, 3.05) is 27.4 Å². The molecule has 0 N–H and O–H groups in total. The Balaban J connectivity index is 2.60. The number of methoxy groups -OCH3 is 2. The lowest BCUT2D eigenvalue weighted by Gasteiger charge is -2.11. The van der Waals surface area contributed by atoms with Crippen molar-refractivity contribution >= 4 is 21.6 Å². The van der Waals surface area contributed by atoms with Crippen molar-refractivity contribution < 1.29 is 9.47 Å². The van der Waals surface area contributed by atoms with Gasteiger partial charge >= 0.3 is 0 Å². The zero-order valence-corrected chi connectivity index (χ0v) is 13.2. The average Bonchev–Trinajstić information content (AvgIpc) is 2.71. The van der Waals surface area contributed by atoms with Crippen LogP contribution in [0.5, 0.6) is 0 Å². The van der Waals surface area contributed by atoms with Gasteiger partial charge in [-0.05, 0) is 19.4 Å². The molecule has 0 atom stereocenters. The topological polar surface area (TPSA) is 53.3 Å². The van der Waals surface area contributed by atoms with Crippen molar-refractivity contribution in [3.63, 3.8) is 0 Å². The molecule has 0 radical (unpaired) electrons. The van der Waals surface area contributed by atoms with Crippen molar-refractivity contribution in [1.29, 1.82) is 0 Å². The number of nitrogens with zero attached hydrogens (tertiary/aromatic N) is 2. The summed E-state index contributed by atoms with van der Waals surface area (Å²) in [5.74, 6) is 0.766. The van der Waals surface area contributed by atoms with Gasteiger partial charge in [0.25, 0.3) is 5.56 Å². The first kappa shape index (κ1) is 15.2. The molecule has 5 nitrogen and oxygen atoms in total. The standard InChI is InChI=1S/C14H20N2O3S/c1-9-10(2)20-13-12(9)14(17)16(6-8-19-4)11(15-13)5-7-18-3/h5-8H2,1-4H3. The van der Waals surface area contributed by atoms with E-state index in [1.54, 1.807) is 30.1 Å². The van der Waals surface area contributed by atoms with Crippen molar-refractivity contribution in [3.05, 3.63) is 26.6 Å². The van der Waals surface area contributed by atoms with Crippen LogP contribution in [0.3, 0.4) is 0 Å². The van der Waals surface area contributed by atoms with Crippen LogP contribution < -0.4 is 5.56 Å². The minimum absolute atomic E-state index is 0.0278. The molecule has 0 aliphatic carbocycles. The Morgan fingerprint density at radius 2 is 1.90 bits per heavy atom. The van der Waals surface area contributed by atoms with E-state index in [9.17, 15) is 4.79 Å². The Morgan fingerprint density at radius 1 is 1.20 bits per heavy atom. The molecule has 0 bridgehead atoms. The fourth-order valence-electron chi connectivity index (χ4n) is 2.17. The molecule has 0 aromatic carbocycles. The van der Waals surface area contributed by atoms with Gasteiger partial charge in [-0.1, -0.05) is 0 Å². The first-order valence-electron chi connectivity index (χ1n) is 6.57. The van der Waals surface area contributed by atoms with Crippen LogP contribution in [0.2, 0.25) is 0 Å². The van der Waals surface area contributed by atoms with Gasteiger partial charge < -0.3 is 9.47 Å². The maximum atomic E-state index is 12.7. The molecule has 0 fully saturated rings. The zero-order valence-electron chi connectivity index (χ0n) is 12.4. The largest absolute Gasteiger partial charge is 0.384 e. The van der Waals surface area contributed by atoms with Crippen LogP contribution >= 0.6 is 11.3 Å². The van der Waals surface area contributed by atoms with E-state index in [0.717, 1.165) is 26.5 Å². The van der Waals surface area contributed by atoms with Crippen LogP contribution in [0.25, 0.3) is 10.2 Å². The molecule has 2 aromatic heterocycles. The summed E-state index contributed by atoms with van der Waals surface area (Å²) in [5, 5.41) is 0.741. The molecule has 0 saturated heterocycles. The van der Waals surface area contributed by atoms with E-state index in [1.165, 1.54) is 0 Å². The molecule has 2 aromatic rings. The van der Waals surface area contributed by atoms with Gasteiger partial charge in [0.15, 0.2) is 0 Å². The first-order chi connectivity index (χ1) is 9.60. The minimum atomic E-state index is 0.0278. The number of hydrogen-bond donors (Lipinski definition) is 0. The Hall–Kier alpha value is -1.24. The molecule has 0 spiro atoms. The maximum Gasteiger partial charge on any atom is 0.262 e. The quantitative estimate of drug-likeness (QED) is 0.817. The first-order valence-corrected chi connectivity index (χ1v) is 7.39. The maximum absolute atomic E-state index is 12.7. The fourth-order valence-corrected chi connectivity index (χ4v) is 3.21. The van der Waals surface area contributed by atoms with E-state index in [0.29, 0.717) is 26.2 Å². The molecular formula is C14H20N2O3S. The molecule has 2 rings (SSSR count). The van der Waals surface area contributed by atoms with E-state index in [1.807, 2.05) is 13.8 Å². The Kier molecular flexibility index (Phi) is 4.91. The number of aromatic nitrogens is 2. The summed E-state index contributed by atoms with van der Waals surface area (Å²) in [6.45, 7) is 5.57. The van der Waals surface area contributed by atoms with Crippen molar-refractivity contribution in [3.8, 4) is 0 Å². The van der Waals surface area contributed by atoms with Crippen LogP contribution in [-0.2, 0) is 22.4 Å². The van der Waals surface area contributed by atoms with Gasteiger partial charge in [0.05, 0.1) is 25.1 Å². The summed E-state index contributed by atoms with van der Waals surface area (Å²) in [6.07, 6.45) is 0.626. The highest BCUT2D eigenvalue weighted by molar-refractivity contribution is 7.18. The number of aryl methyl sites for hydroxylation is 2. The van der Waals surface area contributed by atoms with Gasteiger partial charge in [0, 0.05) is 25.5 Å². The van der Waals surface area contributed by atoms with Crippen LogP contribution in [0.4, 0.5) is 0 Å². The molecule has 20 heavy (non-hydrogen) atoms. The highest BCUT2D eigenvalue weighted by atomic mass is 32.1. The lowest BCUT2D eigenvalue weighted by atomic mass is 10.2. The monoisotopic (exact) mass is 296 g/mol. The van der Waals surface area contributed by atoms with Crippen LogP contribution in [-0.4, -0.2) is 37.0 Å². The normalized spacial score (nSPS) is 11.4. The molecule has 2 heterocycles. The van der Waals surface area contributed by atoms with Gasteiger partial charge in [0.2, 0.25) is 0 Å². The predicted molar refractivity (Wildman–Crippen MR) is 80.8 cm³/mol. The van der Waals surface area contributed by atoms with Crippen molar-refractivity contribution in [2.24, 2.45) is 0 Å². The minimum Gasteiger partial charge on any atom is -0.384 e. The number of hydrogen-bond acceptors (Lipinski definition) is 5. The van der Waals surface area contributed by atoms with Crippen LogP contribution in [0.15, 0.2) is 4.79 Å². The molecule has 0 aliphatic rings. The summed E-state index contributed by atoms with van der Waals surface area (Å²) in [6, 6.07) is 0. The second kappa shape index (κ2) is 6.47. The van der Waals surface area contributed by atoms with E-state index >= 15 is 0 Å². The fraction of sp³-hybridized carbons (Fsp3) is 0.571. The Bertz CT molecular complexity index is 660. The van der Waals surface area contributed by atoms with E-state index in [-0.39, 0.29) is 5.56 Å². The summed E-state index contributed by atoms with van der Waals surface area (Å²) >= 11 is 1.58. The van der Waals surface area contributed by atoms with Gasteiger partial charge in [-0.25, -0.2) is 4.98 Å². The van der Waals surface area contributed by atoms with Crippen LogP contribution in [0, 0.1) is 13.8 Å². The number of rotatable bonds is 6. The third-order valence-electron chi connectivity index (χ3n) is 3.42. The second-order valence-corrected chi connectivity index (χ2v) is 5.89. The lowest BCUT2D eigenvalue weighted by Crippen LogP contribution is -2.27. The SMILES string of the molecule is COCCc1nc2sc(C)c(C)c2c(=O)n1CCOC. The zero-order chi connectivity index (χ0) is 14.7. The number of thiophene rings is 1. The lowest BCUT2D eigenvalue weighted by molar-refractivity contribution is 0.180. The molecule has 0 amide bonds. The van der Waals surface area contributed by atoms with Crippen molar-refractivity contribution in [1.82, 2.24) is 9.55 Å². The van der Waals surface area contributed by atoms with Crippen molar-refractivity contribution in [2.45, 2.75) is 26.8 Å².